The number of benzene rings is 1. The van der Waals surface area contributed by atoms with E-state index in [9.17, 15) is 4.79 Å². The molecular weight excluding hydrogens is 369 g/mol. The Bertz CT molecular complexity index is 1000. The number of para-hydroxylation sites is 1. The van der Waals surface area contributed by atoms with E-state index in [0.29, 0.717) is 25.9 Å². The smallest absolute Gasteiger partial charge is 0.268 e. The minimum atomic E-state index is -0.470. The number of rotatable bonds is 2. The van der Waals surface area contributed by atoms with Crippen LogP contribution in [0.25, 0.3) is 10.2 Å². The van der Waals surface area contributed by atoms with Crippen LogP contribution in [0.5, 0.6) is 0 Å². The van der Waals surface area contributed by atoms with Crippen LogP contribution in [0.2, 0.25) is 10.0 Å². The number of aromatic nitrogens is 1. The molecule has 0 atom stereocenters. The number of carbonyl (C=O) groups excluding carboxylic acids is 1. The van der Waals surface area contributed by atoms with Gasteiger partial charge in [-0.2, -0.15) is 5.26 Å². The first-order chi connectivity index (χ1) is 11.4. The number of thiophene rings is 1. The number of amides is 1. The van der Waals surface area contributed by atoms with Crippen molar-refractivity contribution in [2.75, 3.05) is 16.8 Å². The summed E-state index contributed by atoms with van der Waals surface area (Å²) in [4.78, 5) is 17.4. The highest BCUT2D eigenvalue weighted by Crippen LogP contribution is 2.36. The van der Waals surface area contributed by atoms with Gasteiger partial charge in [-0.1, -0.05) is 29.3 Å². The fraction of sp³-hybridized carbons (Fsp3) is 0. The molecule has 2 aromatic heterocycles. The molecule has 0 bridgehead atoms. The Balaban J connectivity index is 2.05. The third-order valence-electron chi connectivity index (χ3n) is 3.28. The second kappa shape index (κ2) is 6.17. The number of fused-ring (bicyclic) bond motifs is 1. The first-order valence-electron chi connectivity index (χ1n) is 6.56. The molecule has 0 unspecified atom stereocenters. The average Bonchev–Trinajstić information content (AvgIpc) is 2.86. The zero-order valence-corrected chi connectivity index (χ0v) is 14.3. The molecule has 120 valence electrons. The van der Waals surface area contributed by atoms with Crippen molar-refractivity contribution in [1.82, 2.24) is 4.98 Å². The Kier molecular flexibility index (Phi) is 4.20. The first-order valence-corrected chi connectivity index (χ1v) is 8.13. The number of nitrogens with one attached hydrogen (secondary N) is 1. The van der Waals surface area contributed by atoms with Crippen molar-refractivity contribution in [3.63, 3.8) is 0 Å². The molecule has 0 radical (unpaired) electrons. The molecule has 0 aliphatic carbocycles. The molecule has 1 aromatic carbocycles. The third kappa shape index (κ3) is 2.71. The van der Waals surface area contributed by atoms with E-state index in [1.54, 1.807) is 18.2 Å². The maximum absolute atomic E-state index is 12.5. The molecule has 1 amide bonds. The number of hydrogen-bond acceptors (Lipinski definition) is 6. The second-order valence-corrected chi connectivity index (χ2v) is 6.59. The van der Waals surface area contributed by atoms with Gasteiger partial charge in [-0.05, 0) is 18.2 Å². The lowest BCUT2D eigenvalue weighted by Gasteiger charge is -2.08. The monoisotopic (exact) mass is 377 g/mol. The SMILES string of the molecule is N#Cc1cc2c(N)c(C(=O)Nc3c(Cl)cccc3Cl)sc2nc1N. The van der Waals surface area contributed by atoms with Crippen molar-refractivity contribution >= 4 is 67.9 Å². The van der Waals surface area contributed by atoms with Gasteiger partial charge in [0.15, 0.2) is 0 Å². The van der Waals surface area contributed by atoms with Crippen molar-refractivity contribution in [2.45, 2.75) is 0 Å². The van der Waals surface area contributed by atoms with E-state index in [1.807, 2.05) is 6.07 Å². The van der Waals surface area contributed by atoms with Gasteiger partial charge in [-0.3, -0.25) is 4.79 Å². The Labute approximate surface area is 150 Å². The van der Waals surface area contributed by atoms with Crippen molar-refractivity contribution in [3.8, 4) is 6.07 Å². The highest BCUT2D eigenvalue weighted by molar-refractivity contribution is 7.21. The van der Waals surface area contributed by atoms with E-state index in [1.165, 1.54) is 6.07 Å². The van der Waals surface area contributed by atoms with Crippen molar-refractivity contribution < 1.29 is 4.79 Å². The third-order valence-corrected chi connectivity index (χ3v) is 5.02. The topological polar surface area (TPSA) is 118 Å². The lowest BCUT2D eigenvalue weighted by atomic mass is 10.2. The number of nitrogens with two attached hydrogens (primary N) is 2. The van der Waals surface area contributed by atoms with Gasteiger partial charge in [0.05, 0.1) is 27.0 Å². The number of pyridine rings is 1. The molecule has 0 saturated heterocycles. The highest BCUT2D eigenvalue weighted by Gasteiger charge is 2.20. The van der Waals surface area contributed by atoms with Gasteiger partial charge in [0.2, 0.25) is 0 Å². The largest absolute Gasteiger partial charge is 0.397 e. The van der Waals surface area contributed by atoms with Crippen LogP contribution < -0.4 is 16.8 Å². The summed E-state index contributed by atoms with van der Waals surface area (Å²) in [5, 5.41) is 12.8. The zero-order valence-electron chi connectivity index (χ0n) is 11.9. The van der Waals surface area contributed by atoms with E-state index in [2.05, 4.69) is 10.3 Å². The highest BCUT2D eigenvalue weighted by atomic mass is 35.5. The van der Waals surface area contributed by atoms with Crippen LogP contribution >= 0.6 is 34.5 Å². The number of nitrogen functional groups attached to an aromatic ring is 2. The van der Waals surface area contributed by atoms with Gasteiger partial charge in [0.1, 0.15) is 21.6 Å². The molecule has 2 heterocycles. The quantitative estimate of drug-likeness (QED) is 0.625. The van der Waals surface area contributed by atoms with Crippen molar-refractivity contribution in [2.24, 2.45) is 0 Å². The molecule has 0 saturated carbocycles. The summed E-state index contributed by atoms with van der Waals surface area (Å²) in [6.45, 7) is 0. The zero-order chi connectivity index (χ0) is 17.4. The summed E-state index contributed by atoms with van der Waals surface area (Å²) in [5.41, 5.74) is 12.5. The fourth-order valence-electron chi connectivity index (χ4n) is 2.10. The van der Waals surface area contributed by atoms with Gasteiger partial charge >= 0.3 is 0 Å². The van der Waals surface area contributed by atoms with Crippen LogP contribution in [-0.4, -0.2) is 10.9 Å². The molecule has 6 nitrogen and oxygen atoms in total. The minimum absolute atomic E-state index is 0.0901. The summed E-state index contributed by atoms with van der Waals surface area (Å²) in [5.74, 6) is -0.380. The Hall–Kier alpha value is -2.53. The maximum Gasteiger partial charge on any atom is 0.268 e. The fourth-order valence-corrected chi connectivity index (χ4v) is 3.57. The molecule has 0 spiro atoms. The lowest BCUT2D eigenvalue weighted by molar-refractivity contribution is 0.103. The van der Waals surface area contributed by atoms with Crippen molar-refractivity contribution in [1.29, 1.82) is 5.26 Å². The maximum atomic E-state index is 12.5. The van der Waals surface area contributed by atoms with Gasteiger partial charge in [-0.15, -0.1) is 11.3 Å². The number of carbonyl (C=O) groups is 1. The van der Waals surface area contributed by atoms with E-state index in [-0.39, 0.29) is 21.9 Å². The Morgan fingerprint density at radius 2 is 1.96 bits per heavy atom. The number of nitrogens with zero attached hydrogens (tertiary/aromatic N) is 2. The van der Waals surface area contributed by atoms with E-state index in [0.717, 1.165) is 11.3 Å². The van der Waals surface area contributed by atoms with Crippen LogP contribution in [0, 0.1) is 11.3 Å². The van der Waals surface area contributed by atoms with Crippen molar-refractivity contribution in [3.05, 3.63) is 44.8 Å². The van der Waals surface area contributed by atoms with Gasteiger partial charge in [0, 0.05) is 5.39 Å². The summed E-state index contributed by atoms with van der Waals surface area (Å²) >= 11 is 13.2. The molecule has 3 rings (SSSR count). The summed E-state index contributed by atoms with van der Waals surface area (Å²) in [6.07, 6.45) is 0. The molecular formula is C15H9Cl2N5OS. The molecule has 24 heavy (non-hydrogen) atoms. The summed E-state index contributed by atoms with van der Waals surface area (Å²) in [7, 11) is 0. The second-order valence-electron chi connectivity index (χ2n) is 4.78. The van der Waals surface area contributed by atoms with Crippen LogP contribution in [0.4, 0.5) is 17.2 Å². The number of nitriles is 1. The van der Waals surface area contributed by atoms with Crippen LogP contribution in [0.15, 0.2) is 24.3 Å². The first kappa shape index (κ1) is 16.3. The van der Waals surface area contributed by atoms with Gasteiger partial charge < -0.3 is 16.8 Å². The van der Waals surface area contributed by atoms with Crippen LogP contribution in [-0.2, 0) is 0 Å². The summed E-state index contributed by atoms with van der Waals surface area (Å²) in [6, 6.07) is 8.34. The molecule has 3 aromatic rings. The predicted molar refractivity (Wildman–Crippen MR) is 97.6 cm³/mol. The standard InChI is InChI=1S/C15H9Cl2N5OS/c16-8-2-1-3-9(17)11(8)21-14(23)12-10(19)7-4-6(5-18)13(20)22-15(7)24-12/h1-4H,19H2,(H2,20,22)(H,21,23). The number of halogens is 2. The number of anilines is 3. The molecule has 0 aliphatic heterocycles. The normalized spacial score (nSPS) is 10.5. The average molecular weight is 378 g/mol. The molecule has 9 heteroatoms. The van der Waals surface area contributed by atoms with Crippen LogP contribution in [0.3, 0.4) is 0 Å². The number of hydrogen-bond donors (Lipinski definition) is 3. The predicted octanol–water partition coefficient (Wildman–Crippen LogP) is 3.89. The summed E-state index contributed by atoms with van der Waals surface area (Å²) < 4.78 is 0. The molecule has 0 aliphatic rings. The van der Waals surface area contributed by atoms with Gasteiger partial charge in [-0.25, -0.2) is 4.98 Å². The molecule has 0 fully saturated rings. The van der Waals surface area contributed by atoms with E-state index >= 15 is 0 Å². The molecule has 5 N–H and O–H groups in total. The van der Waals surface area contributed by atoms with Gasteiger partial charge in [0.25, 0.3) is 5.91 Å². The van der Waals surface area contributed by atoms with E-state index in [4.69, 9.17) is 39.9 Å². The van der Waals surface area contributed by atoms with E-state index < -0.39 is 5.91 Å². The Morgan fingerprint density at radius 3 is 2.58 bits per heavy atom. The Morgan fingerprint density at radius 1 is 1.29 bits per heavy atom. The van der Waals surface area contributed by atoms with Crippen LogP contribution in [0.1, 0.15) is 15.2 Å². The lowest BCUT2D eigenvalue weighted by Crippen LogP contribution is -2.12. The minimum Gasteiger partial charge on any atom is -0.397 e.